The second-order valence-corrected chi connectivity index (χ2v) is 6.89. The summed E-state index contributed by atoms with van der Waals surface area (Å²) in [5, 5.41) is 1.32. The van der Waals surface area contributed by atoms with Crippen molar-refractivity contribution < 1.29 is 22.7 Å². The van der Waals surface area contributed by atoms with Gasteiger partial charge >= 0.3 is 0 Å². The Bertz CT molecular complexity index is 601. The van der Waals surface area contributed by atoms with E-state index in [0.29, 0.717) is 17.1 Å². The zero-order chi connectivity index (χ0) is 16.0. The van der Waals surface area contributed by atoms with E-state index < -0.39 is 21.0 Å². The SMILES string of the molecule is COCCS(=O)(=O)C(C)C(=O)Nc1ccc(OC)cc1N. The topological polar surface area (TPSA) is 108 Å². The monoisotopic (exact) mass is 316 g/mol. The third-order valence-electron chi connectivity index (χ3n) is 3.00. The molecule has 1 aromatic rings. The number of methoxy groups -OCH3 is 2. The quantitative estimate of drug-likeness (QED) is 0.716. The Balaban J connectivity index is 2.81. The molecule has 0 radical (unpaired) electrons. The number of nitrogens with two attached hydrogens (primary N) is 1. The summed E-state index contributed by atoms with van der Waals surface area (Å²) in [6.45, 7) is 1.38. The Morgan fingerprint density at radius 3 is 2.57 bits per heavy atom. The summed E-state index contributed by atoms with van der Waals surface area (Å²) in [4.78, 5) is 12.0. The molecule has 21 heavy (non-hydrogen) atoms. The van der Waals surface area contributed by atoms with E-state index in [2.05, 4.69) is 5.32 Å². The summed E-state index contributed by atoms with van der Waals surface area (Å²) in [6, 6.07) is 4.72. The first-order chi connectivity index (χ1) is 9.81. The van der Waals surface area contributed by atoms with Gasteiger partial charge in [-0.25, -0.2) is 8.42 Å². The lowest BCUT2D eigenvalue weighted by Gasteiger charge is -2.14. The number of nitrogens with one attached hydrogen (secondary N) is 1. The van der Waals surface area contributed by atoms with Crippen LogP contribution in [0, 0.1) is 0 Å². The molecule has 8 heteroatoms. The van der Waals surface area contributed by atoms with E-state index in [0.717, 1.165) is 0 Å². The highest BCUT2D eigenvalue weighted by atomic mass is 32.2. The average molecular weight is 316 g/mol. The Kier molecular flexibility index (Phi) is 5.98. The molecule has 3 N–H and O–H groups in total. The fourth-order valence-electron chi connectivity index (χ4n) is 1.56. The molecule has 0 aliphatic carbocycles. The summed E-state index contributed by atoms with van der Waals surface area (Å²) < 4.78 is 33.6. The minimum atomic E-state index is -3.57. The zero-order valence-electron chi connectivity index (χ0n) is 12.3. The zero-order valence-corrected chi connectivity index (χ0v) is 13.1. The number of anilines is 2. The number of nitrogen functional groups attached to an aromatic ring is 1. The molecule has 0 fully saturated rings. The highest BCUT2D eigenvalue weighted by Crippen LogP contribution is 2.24. The summed E-state index contributed by atoms with van der Waals surface area (Å²) >= 11 is 0. The first-order valence-corrected chi connectivity index (χ1v) is 7.98. The predicted octanol–water partition coefficient (Wildman–Crippen LogP) is 0.666. The van der Waals surface area contributed by atoms with Gasteiger partial charge in [0.25, 0.3) is 0 Å². The molecule has 0 bridgehead atoms. The number of hydrogen-bond donors (Lipinski definition) is 2. The predicted molar refractivity (Wildman–Crippen MR) is 81.2 cm³/mol. The van der Waals surface area contributed by atoms with Crippen LogP contribution in [-0.4, -0.2) is 46.2 Å². The van der Waals surface area contributed by atoms with Gasteiger partial charge < -0.3 is 20.5 Å². The number of ether oxygens (including phenoxy) is 2. The summed E-state index contributed by atoms with van der Waals surface area (Å²) in [5.74, 6) is -0.301. The van der Waals surface area contributed by atoms with Crippen molar-refractivity contribution >= 4 is 27.1 Å². The number of hydrogen-bond acceptors (Lipinski definition) is 6. The lowest BCUT2D eigenvalue weighted by molar-refractivity contribution is -0.115. The van der Waals surface area contributed by atoms with Gasteiger partial charge in [-0.1, -0.05) is 0 Å². The number of carbonyl (C=O) groups is 1. The van der Waals surface area contributed by atoms with Crippen LogP contribution in [0.1, 0.15) is 6.92 Å². The van der Waals surface area contributed by atoms with Crippen LogP contribution in [0.2, 0.25) is 0 Å². The first kappa shape index (κ1) is 17.3. The van der Waals surface area contributed by atoms with Gasteiger partial charge in [-0.15, -0.1) is 0 Å². The Morgan fingerprint density at radius 1 is 1.38 bits per heavy atom. The number of rotatable bonds is 7. The second-order valence-electron chi connectivity index (χ2n) is 4.44. The van der Waals surface area contributed by atoms with Crippen LogP contribution in [0.5, 0.6) is 5.75 Å². The fourth-order valence-corrected chi connectivity index (χ4v) is 2.69. The fraction of sp³-hybridized carbons (Fsp3) is 0.462. The van der Waals surface area contributed by atoms with Crippen molar-refractivity contribution in [1.29, 1.82) is 0 Å². The van der Waals surface area contributed by atoms with Gasteiger partial charge in [-0.3, -0.25) is 4.79 Å². The van der Waals surface area contributed by atoms with Crippen LogP contribution in [0.15, 0.2) is 18.2 Å². The Morgan fingerprint density at radius 2 is 2.05 bits per heavy atom. The van der Waals surface area contributed by atoms with Crippen LogP contribution in [0.3, 0.4) is 0 Å². The summed E-state index contributed by atoms with van der Waals surface area (Å²) in [5.41, 5.74) is 6.41. The van der Waals surface area contributed by atoms with Gasteiger partial charge in [0.1, 0.15) is 11.0 Å². The molecular weight excluding hydrogens is 296 g/mol. The van der Waals surface area contributed by atoms with E-state index in [1.165, 1.54) is 21.1 Å². The lowest BCUT2D eigenvalue weighted by atomic mass is 10.2. The van der Waals surface area contributed by atoms with Crippen LogP contribution in [0.4, 0.5) is 11.4 Å². The molecule has 0 saturated heterocycles. The van der Waals surface area contributed by atoms with Gasteiger partial charge in [0, 0.05) is 13.2 Å². The minimum Gasteiger partial charge on any atom is -0.497 e. The van der Waals surface area contributed by atoms with E-state index in [9.17, 15) is 13.2 Å². The van der Waals surface area contributed by atoms with Gasteiger partial charge in [0.2, 0.25) is 5.91 Å². The molecule has 0 aromatic heterocycles. The molecular formula is C13H20N2O5S. The van der Waals surface area contributed by atoms with Crippen molar-refractivity contribution in [3.8, 4) is 5.75 Å². The summed E-state index contributed by atoms with van der Waals surface area (Å²) in [6.07, 6.45) is 0. The van der Waals surface area contributed by atoms with E-state index in [1.54, 1.807) is 18.2 Å². The number of benzene rings is 1. The standard InChI is InChI=1S/C13H20N2O5S/c1-9(21(17,18)7-6-19-2)13(16)15-12-5-4-10(20-3)8-11(12)14/h4-5,8-9H,6-7,14H2,1-3H3,(H,15,16). The Labute approximate surface area is 124 Å². The maximum absolute atomic E-state index is 12.0. The van der Waals surface area contributed by atoms with E-state index >= 15 is 0 Å². The van der Waals surface area contributed by atoms with Crippen LogP contribution in [0.25, 0.3) is 0 Å². The summed E-state index contributed by atoms with van der Waals surface area (Å²) in [7, 11) is -0.671. The molecule has 0 aliphatic heterocycles. The van der Waals surface area contributed by atoms with Crippen LogP contribution >= 0.6 is 0 Å². The largest absolute Gasteiger partial charge is 0.497 e. The van der Waals surface area contributed by atoms with Crippen LogP contribution in [-0.2, 0) is 19.4 Å². The highest BCUT2D eigenvalue weighted by Gasteiger charge is 2.28. The Hall–Kier alpha value is -1.80. The number of amides is 1. The maximum Gasteiger partial charge on any atom is 0.242 e. The van der Waals surface area contributed by atoms with E-state index in [4.69, 9.17) is 15.2 Å². The normalized spacial score (nSPS) is 12.7. The average Bonchev–Trinajstić information content (AvgIpc) is 2.46. The van der Waals surface area contributed by atoms with Crippen molar-refractivity contribution in [3.05, 3.63) is 18.2 Å². The molecule has 1 aromatic carbocycles. The van der Waals surface area contributed by atoms with Gasteiger partial charge in [0.15, 0.2) is 9.84 Å². The smallest absolute Gasteiger partial charge is 0.242 e. The molecule has 0 heterocycles. The third-order valence-corrected chi connectivity index (χ3v) is 5.02. The van der Waals surface area contributed by atoms with Crippen molar-refractivity contribution in [1.82, 2.24) is 0 Å². The molecule has 0 spiro atoms. The highest BCUT2D eigenvalue weighted by molar-refractivity contribution is 7.92. The van der Waals surface area contributed by atoms with Crippen LogP contribution < -0.4 is 15.8 Å². The maximum atomic E-state index is 12.0. The van der Waals surface area contributed by atoms with E-state index in [-0.39, 0.29) is 12.4 Å². The van der Waals surface area contributed by atoms with Gasteiger partial charge in [-0.05, 0) is 19.1 Å². The molecule has 118 valence electrons. The number of sulfone groups is 1. The van der Waals surface area contributed by atoms with Crippen molar-refractivity contribution in [3.63, 3.8) is 0 Å². The van der Waals surface area contributed by atoms with Crippen molar-refractivity contribution in [2.24, 2.45) is 0 Å². The number of carbonyl (C=O) groups excluding carboxylic acids is 1. The van der Waals surface area contributed by atoms with Crippen molar-refractivity contribution in [2.45, 2.75) is 12.2 Å². The molecule has 1 atom stereocenters. The molecule has 7 nitrogen and oxygen atoms in total. The van der Waals surface area contributed by atoms with Gasteiger partial charge in [-0.2, -0.15) is 0 Å². The molecule has 1 rings (SSSR count). The lowest BCUT2D eigenvalue weighted by Crippen LogP contribution is -2.35. The third kappa shape index (κ3) is 4.61. The first-order valence-electron chi connectivity index (χ1n) is 6.26. The molecule has 0 aliphatic rings. The van der Waals surface area contributed by atoms with Crippen molar-refractivity contribution in [2.75, 3.05) is 37.6 Å². The second kappa shape index (κ2) is 7.28. The van der Waals surface area contributed by atoms with Gasteiger partial charge in [0.05, 0.1) is 30.8 Å². The molecule has 0 saturated carbocycles. The molecule has 1 unspecified atom stereocenters. The molecule has 1 amide bonds. The van der Waals surface area contributed by atoms with E-state index in [1.807, 2.05) is 0 Å². The minimum absolute atomic E-state index is 0.0463.